The zero-order chi connectivity index (χ0) is 20.9. The fourth-order valence-electron chi connectivity index (χ4n) is 0.275. The van der Waals surface area contributed by atoms with E-state index in [0.717, 1.165) is 0 Å². The topological polar surface area (TPSA) is 136 Å². The van der Waals surface area contributed by atoms with Crippen LogP contribution in [-0.2, 0) is 36.0 Å². The number of ketones is 1. The summed E-state index contributed by atoms with van der Waals surface area (Å²) < 4.78 is 4.20. The second-order valence-electron chi connectivity index (χ2n) is 5.65. The Bertz CT molecular complexity index is 220. The van der Waals surface area contributed by atoms with Crippen LogP contribution < -0.4 is 20.4 Å². The van der Waals surface area contributed by atoms with E-state index in [9.17, 15) is 30.0 Å². The molecule has 0 amide bonds. The Morgan fingerprint density at radius 1 is 0.720 bits per heavy atom. The van der Waals surface area contributed by atoms with Crippen LogP contribution in [0.2, 0.25) is 0 Å². The molecule has 0 unspecified atom stereocenters. The van der Waals surface area contributed by atoms with Gasteiger partial charge in [-0.2, -0.15) is 0 Å². The van der Waals surface area contributed by atoms with Gasteiger partial charge in [-0.1, -0.05) is 55.4 Å². The molecule has 8 heteroatoms. The fraction of sp³-hybridized carbons (Fsp3) is 0.882. The van der Waals surface area contributed by atoms with E-state index in [1.807, 2.05) is 0 Å². The molecule has 0 radical (unpaired) electrons. The van der Waals surface area contributed by atoms with Gasteiger partial charge in [-0.25, -0.2) is 0 Å². The Morgan fingerprint density at radius 3 is 0.920 bits per heavy atom. The van der Waals surface area contributed by atoms with Gasteiger partial charge in [0, 0.05) is 0 Å². The molecule has 7 nitrogen and oxygen atoms in total. The molecule has 0 aromatic carbocycles. The van der Waals surface area contributed by atoms with Crippen LogP contribution in [0.4, 0.5) is 0 Å². The zero-order valence-electron chi connectivity index (χ0n) is 17.4. The van der Waals surface area contributed by atoms with Crippen molar-refractivity contribution in [2.24, 2.45) is 0 Å². The third kappa shape index (κ3) is 344. The maximum Gasteiger partial charge on any atom is 4.00 e. The van der Waals surface area contributed by atoms with Crippen LogP contribution in [0, 0.1) is 0 Å². The van der Waals surface area contributed by atoms with Crippen LogP contribution in [0.1, 0.15) is 68.7 Å². The molecule has 0 spiro atoms. The molecule has 0 rings (SSSR count). The van der Waals surface area contributed by atoms with Gasteiger partial charge in [0.2, 0.25) is 0 Å². The van der Waals surface area contributed by atoms with Crippen LogP contribution >= 0.6 is 0 Å². The van der Waals surface area contributed by atoms with Crippen molar-refractivity contribution in [1.29, 1.82) is 0 Å². The third-order valence-electron chi connectivity index (χ3n) is 0.621. The number of carbonyl (C=O) groups is 2. The quantitative estimate of drug-likeness (QED) is 0.335. The van der Waals surface area contributed by atoms with E-state index in [1.165, 1.54) is 14.0 Å². The van der Waals surface area contributed by atoms with Crippen molar-refractivity contribution in [1.82, 2.24) is 0 Å². The molecule has 0 aliphatic rings. The van der Waals surface area contributed by atoms with E-state index >= 15 is 0 Å². The first-order chi connectivity index (χ1) is 10.6. The largest absolute Gasteiger partial charge is 4.00 e. The van der Waals surface area contributed by atoms with Crippen LogP contribution in [-0.4, -0.2) is 43.3 Å². The second-order valence-corrected chi connectivity index (χ2v) is 5.65. The van der Waals surface area contributed by atoms with Crippen molar-refractivity contribution in [2.45, 2.75) is 93.2 Å². The van der Waals surface area contributed by atoms with E-state index in [1.54, 1.807) is 55.4 Å². The molecule has 0 N–H and O–H groups in total. The van der Waals surface area contributed by atoms with Crippen LogP contribution in [0.5, 0.6) is 0 Å². The molecular formula is C17H36O7Ti. The normalized spacial score (nSPS) is 8.40. The molecule has 0 bridgehead atoms. The monoisotopic (exact) mass is 400 g/mol. The molecular weight excluding hydrogens is 364 g/mol. The summed E-state index contributed by atoms with van der Waals surface area (Å²) in [5, 5.41) is 38.1. The molecule has 0 aromatic heterocycles. The second kappa shape index (κ2) is 31.5. The smallest absolute Gasteiger partial charge is 0.852 e. The van der Waals surface area contributed by atoms with Gasteiger partial charge in [0.1, 0.15) is 12.2 Å². The maximum atomic E-state index is 10.2. The van der Waals surface area contributed by atoms with Crippen LogP contribution in [0.15, 0.2) is 0 Å². The molecule has 0 aliphatic heterocycles. The summed E-state index contributed by atoms with van der Waals surface area (Å²) in [6, 6.07) is 0. The number of esters is 1. The van der Waals surface area contributed by atoms with Crippen molar-refractivity contribution in [2.75, 3.05) is 7.11 Å². The Balaban J connectivity index is -0.0000000467. The third-order valence-corrected chi connectivity index (χ3v) is 0.621. The number of methoxy groups -OCH3 is 1. The summed E-state index contributed by atoms with van der Waals surface area (Å²) in [4.78, 5) is 20.3. The predicted octanol–water partition coefficient (Wildman–Crippen LogP) is -0.844. The Morgan fingerprint density at radius 2 is 0.880 bits per heavy atom. The van der Waals surface area contributed by atoms with E-state index in [2.05, 4.69) is 4.74 Å². The van der Waals surface area contributed by atoms with Crippen molar-refractivity contribution >= 4 is 11.8 Å². The number of hydrogen-bond donors (Lipinski definition) is 0. The van der Waals surface area contributed by atoms with Crippen molar-refractivity contribution < 1.29 is 56.5 Å². The van der Waals surface area contributed by atoms with Crippen molar-refractivity contribution in [3.05, 3.63) is 0 Å². The molecule has 0 atom stereocenters. The Hall–Kier alpha value is -0.306. The number of hydrogen-bond acceptors (Lipinski definition) is 7. The SMILES string of the molecule is CC(C)[O-].CC(C)[O-].CC(C)[O-].CC(C)[O-].COC(=O)CC(C)=O.[Ti+4]. The van der Waals surface area contributed by atoms with E-state index in [-0.39, 0.29) is 33.9 Å². The van der Waals surface area contributed by atoms with E-state index in [4.69, 9.17) is 0 Å². The van der Waals surface area contributed by atoms with Crippen LogP contribution in [0.3, 0.4) is 0 Å². The molecule has 150 valence electrons. The minimum absolute atomic E-state index is 0. The van der Waals surface area contributed by atoms with Gasteiger partial charge >= 0.3 is 27.7 Å². The Labute approximate surface area is 168 Å². The summed E-state index contributed by atoms with van der Waals surface area (Å²) >= 11 is 0. The van der Waals surface area contributed by atoms with E-state index in [0.29, 0.717) is 0 Å². The fourth-order valence-corrected chi connectivity index (χ4v) is 0.275. The number of ether oxygens (including phenoxy) is 1. The predicted molar refractivity (Wildman–Crippen MR) is 87.9 cm³/mol. The summed E-state index contributed by atoms with van der Waals surface area (Å²) in [7, 11) is 1.26. The first-order valence-electron chi connectivity index (χ1n) is 7.79. The first-order valence-corrected chi connectivity index (χ1v) is 7.79. The molecule has 0 heterocycles. The van der Waals surface area contributed by atoms with Gasteiger partial charge in [0.15, 0.2) is 0 Å². The average Bonchev–Trinajstić information content (AvgIpc) is 2.24. The minimum Gasteiger partial charge on any atom is -0.852 e. The molecule has 0 saturated carbocycles. The first kappa shape index (κ1) is 39.7. The van der Waals surface area contributed by atoms with Crippen molar-refractivity contribution in [3.8, 4) is 0 Å². The van der Waals surface area contributed by atoms with Crippen LogP contribution in [0.25, 0.3) is 0 Å². The minimum atomic E-state index is -0.475. The van der Waals surface area contributed by atoms with E-state index < -0.39 is 30.4 Å². The van der Waals surface area contributed by atoms with Gasteiger partial charge in [-0.3, -0.25) is 9.59 Å². The standard InChI is InChI=1S/C5H8O3.4C3H7O.Ti/c1-4(6)3-5(7)8-2;4*1-3(2)4;/h3H2,1-2H3;4*3H,1-2H3;/q;4*-1;+4. The van der Waals surface area contributed by atoms with Gasteiger partial charge < -0.3 is 25.2 Å². The zero-order valence-corrected chi connectivity index (χ0v) is 18.9. The number of Topliss-reactive ketones (excluding diaryl/α,β-unsaturated/α-hetero) is 1. The molecule has 0 fully saturated rings. The van der Waals surface area contributed by atoms with Gasteiger partial charge in [-0.15, -0.1) is 24.4 Å². The summed E-state index contributed by atoms with van der Waals surface area (Å²) in [6.07, 6.45) is -1.78. The van der Waals surface area contributed by atoms with Gasteiger partial charge in [-0.05, 0) is 6.92 Å². The molecule has 0 aromatic rings. The summed E-state index contributed by atoms with van der Waals surface area (Å²) in [6.45, 7) is 14.2. The number of rotatable bonds is 2. The van der Waals surface area contributed by atoms with Crippen molar-refractivity contribution in [3.63, 3.8) is 0 Å². The number of carbonyl (C=O) groups excluding carboxylic acids is 2. The Kier molecular flexibility index (Phi) is 49.9. The molecule has 0 saturated heterocycles. The molecule has 0 aliphatic carbocycles. The maximum absolute atomic E-state index is 10.2. The summed E-state index contributed by atoms with van der Waals surface area (Å²) in [5.74, 6) is -0.644. The van der Waals surface area contributed by atoms with Gasteiger partial charge in [0.05, 0.1) is 7.11 Å². The summed E-state index contributed by atoms with van der Waals surface area (Å²) in [5.41, 5.74) is 0. The average molecular weight is 400 g/mol. The van der Waals surface area contributed by atoms with Gasteiger partial charge in [0.25, 0.3) is 0 Å². The molecule has 25 heavy (non-hydrogen) atoms.